The standard InChI is InChI=1S/C31H35N3O4/c1-33(29(35)26(32)20-23-12-5-2-6-13-23)28(21-24-14-7-3-8-15-24)30(36)34-19-11-18-27(34)31(37)38-22-25-16-9-4-10-17-25/h2-10,12-17,26-28H,11,18-22,32H2,1H3/t26-,27-,28-/m0/s1. The number of ether oxygens (including phenoxy) is 1. The van der Waals surface area contributed by atoms with Crippen LogP contribution >= 0.6 is 0 Å². The highest BCUT2D eigenvalue weighted by atomic mass is 16.5. The summed E-state index contributed by atoms with van der Waals surface area (Å²) in [5.41, 5.74) is 9.07. The topological polar surface area (TPSA) is 92.9 Å². The van der Waals surface area contributed by atoms with Gasteiger partial charge in [-0.3, -0.25) is 9.59 Å². The van der Waals surface area contributed by atoms with E-state index in [0.29, 0.717) is 32.2 Å². The maximum Gasteiger partial charge on any atom is 0.329 e. The van der Waals surface area contributed by atoms with E-state index in [-0.39, 0.29) is 18.4 Å². The summed E-state index contributed by atoms with van der Waals surface area (Å²) in [6.45, 7) is 0.589. The fourth-order valence-corrected chi connectivity index (χ4v) is 4.89. The Morgan fingerprint density at radius 1 is 0.868 bits per heavy atom. The van der Waals surface area contributed by atoms with Gasteiger partial charge < -0.3 is 20.3 Å². The summed E-state index contributed by atoms with van der Waals surface area (Å²) in [5, 5.41) is 0. The first-order chi connectivity index (χ1) is 18.4. The first kappa shape index (κ1) is 27.1. The fraction of sp³-hybridized carbons (Fsp3) is 0.323. The van der Waals surface area contributed by atoms with E-state index in [9.17, 15) is 14.4 Å². The van der Waals surface area contributed by atoms with Crippen LogP contribution in [-0.2, 0) is 38.6 Å². The Bertz CT molecular complexity index is 1200. The maximum atomic E-state index is 13.9. The van der Waals surface area contributed by atoms with Crippen molar-refractivity contribution in [2.75, 3.05) is 13.6 Å². The van der Waals surface area contributed by atoms with Crippen molar-refractivity contribution in [1.29, 1.82) is 0 Å². The molecule has 3 aromatic carbocycles. The Kier molecular flexibility index (Phi) is 9.27. The van der Waals surface area contributed by atoms with Crippen LogP contribution in [0.1, 0.15) is 29.5 Å². The fourth-order valence-electron chi connectivity index (χ4n) is 4.89. The van der Waals surface area contributed by atoms with Crippen LogP contribution in [0.15, 0.2) is 91.0 Å². The zero-order chi connectivity index (χ0) is 26.9. The lowest BCUT2D eigenvalue weighted by molar-refractivity contribution is -0.157. The van der Waals surface area contributed by atoms with Gasteiger partial charge in [0.1, 0.15) is 18.7 Å². The highest BCUT2D eigenvalue weighted by molar-refractivity contribution is 5.92. The van der Waals surface area contributed by atoms with Crippen LogP contribution in [0.4, 0.5) is 0 Å². The quantitative estimate of drug-likeness (QED) is 0.420. The van der Waals surface area contributed by atoms with Crippen LogP contribution in [0.25, 0.3) is 0 Å². The van der Waals surface area contributed by atoms with Crippen molar-refractivity contribution < 1.29 is 19.1 Å². The van der Waals surface area contributed by atoms with Crippen LogP contribution in [-0.4, -0.2) is 59.3 Å². The van der Waals surface area contributed by atoms with E-state index in [4.69, 9.17) is 10.5 Å². The van der Waals surface area contributed by atoms with Gasteiger partial charge in [0.2, 0.25) is 11.8 Å². The molecule has 7 nitrogen and oxygen atoms in total. The lowest BCUT2D eigenvalue weighted by atomic mass is 10.0. The van der Waals surface area contributed by atoms with Crippen LogP contribution in [0, 0.1) is 0 Å². The van der Waals surface area contributed by atoms with Crippen molar-refractivity contribution in [2.24, 2.45) is 5.73 Å². The van der Waals surface area contributed by atoms with Crippen molar-refractivity contribution in [3.63, 3.8) is 0 Å². The number of rotatable bonds is 10. The largest absolute Gasteiger partial charge is 0.459 e. The lowest BCUT2D eigenvalue weighted by Gasteiger charge is -2.34. The summed E-state index contributed by atoms with van der Waals surface area (Å²) >= 11 is 0. The van der Waals surface area contributed by atoms with Gasteiger partial charge in [0.25, 0.3) is 0 Å². The minimum absolute atomic E-state index is 0.151. The minimum atomic E-state index is -0.797. The third kappa shape index (κ3) is 6.86. The molecule has 0 bridgehead atoms. The van der Waals surface area contributed by atoms with Gasteiger partial charge in [0.05, 0.1) is 6.04 Å². The zero-order valence-corrected chi connectivity index (χ0v) is 21.7. The molecule has 0 saturated carbocycles. The van der Waals surface area contributed by atoms with Crippen molar-refractivity contribution >= 4 is 17.8 Å². The average Bonchev–Trinajstić information content (AvgIpc) is 3.45. The average molecular weight is 514 g/mol. The van der Waals surface area contributed by atoms with E-state index in [1.807, 2.05) is 91.0 Å². The van der Waals surface area contributed by atoms with Crippen LogP contribution in [0.3, 0.4) is 0 Å². The third-order valence-electron chi connectivity index (χ3n) is 7.02. The van der Waals surface area contributed by atoms with Gasteiger partial charge in [-0.05, 0) is 36.0 Å². The lowest BCUT2D eigenvalue weighted by Crippen LogP contribution is -2.56. The SMILES string of the molecule is CN(C(=O)[C@@H](N)Cc1ccccc1)[C@@H](Cc1ccccc1)C(=O)N1CCC[C@H]1C(=O)OCc1ccccc1. The van der Waals surface area contributed by atoms with Crippen molar-refractivity contribution in [3.05, 3.63) is 108 Å². The van der Waals surface area contributed by atoms with Crippen molar-refractivity contribution in [3.8, 4) is 0 Å². The number of nitrogens with two attached hydrogens (primary N) is 1. The van der Waals surface area contributed by atoms with Gasteiger partial charge >= 0.3 is 5.97 Å². The van der Waals surface area contributed by atoms with Crippen LogP contribution in [0.2, 0.25) is 0 Å². The molecule has 0 unspecified atom stereocenters. The van der Waals surface area contributed by atoms with Crippen molar-refractivity contribution in [1.82, 2.24) is 9.80 Å². The molecule has 1 aliphatic rings. The van der Waals surface area contributed by atoms with Crippen LogP contribution in [0.5, 0.6) is 0 Å². The summed E-state index contributed by atoms with van der Waals surface area (Å²) in [7, 11) is 1.62. The summed E-state index contributed by atoms with van der Waals surface area (Å²) in [5.74, 6) is -1.01. The predicted octanol–water partition coefficient (Wildman–Crippen LogP) is 3.36. The van der Waals surface area contributed by atoms with E-state index in [2.05, 4.69) is 0 Å². The molecule has 0 aromatic heterocycles. The number of hydrogen-bond donors (Lipinski definition) is 1. The maximum absolute atomic E-state index is 13.9. The minimum Gasteiger partial charge on any atom is -0.459 e. The Morgan fingerprint density at radius 2 is 1.39 bits per heavy atom. The molecular weight excluding hydrogens is 478 g/mol. The molecule has 4 rings (SSSR count). The van der Waals surface area contributed by atoms with E-state index >= 15 is 0 Å². The Balaban J connectivity index is 1.50. The number of hydrogen-bond acceptors (Lipinski definition) is 5. The van der Waals surface area contributed by atoms with Crippen LogP contribution < -0.4 is 5.73 Å². The monoisotopic (exact) mass is 513 g/mol. The third-order valence-corrected chi connectivity index (χ3v) is 7.02. The molecule has 1 saturated heterocycles. The summed E-state index contributed by atoms with van der Waals surface area (Å²) in [4.78, 5) is 43.4. The van der Waals surface area contributed by atoms with Gasteiger partial charge in [-0.15, -0.1) is 0 Å². The first-order valence-electron chi connectivity index (χ1n) is 13.0. The number of nitrogens with zero attached hydrogens (tertiary/aromatic N) is 2. The second-order valence-corrected chi connectivity index (χ2v) is 9.73. The molecule has 0 spiro atoms. The smallest absolute Gasteiger partial charge is 0.329 e. The second kappa shape index (κ2) is 13.0. The number of benzene rings is 3. The molecule has 1 heterocycles. The Labute approximate surface area is 224 Å². The van der Waals surface area contributed by atoms with E-state index in [1.54, 1.807) is 11.9 Å². The van der Waals surface area contributed by atoms with E-state index in [1.165, 1.54) is 4.90 Å². The van der Waals surface area contributed by atoms with Gasteiger partial charge in [0, 0.05) is 20.0 Å². The molecule has 2 N–H and O–H groups in total. The second-order valence-electron chi connectivity index (χ2n) is 9.73. The molecular formula is C31H35N3O4. The highest BCUT2D eigenvalue weighted by Crippen LogP contribution is 2.23. The molecule has 3 atom stereocenters. The molecule has 1 fully saturated rings. The number of carbonyl (C=O) groups excluding carboxylic acids is 3. The predicted molar refractivity (Wildman–Crippen MR) is 146 cm³/mol. The summed E-state index contributed by atoms with van der Waals surface area (Å²) < 4.78 is 5.57. The van der Waals surface area contributed by atoms with E-state index in [0.717, 1.165) is 16.7 Å². The van der Waals surface area contributed by atoms with Gasteiger partial charge in [0.15, 0.2) is 0 Å². The summed E-state index contributed by atoms with van der Waals surface area (Å²) in [6, 6.07) is 26.3. The van der Waals surface area contributed by atoms with Gasteiger partial charge in [-0.2, -0.15) is 0 Å². The molecule has 198 valence electrons. The highest BCUT2D eigenvalue weighted by Gasteiger charge is 2.40. The molecule has 0 radical (unpaired) electrons. The van der Waals surface area contributed by atoms with Gasteiger partial charge in [-0.1, -0.05) is 91.0 Å². The Hall–Kier alpha value is -3.97. The number of amides is 2. The number of likely N-dealkylation sites (tertiary alicyclic amines) is 1. The Morgan fingerprint density at radius 3 is 1.97 bits per heavy atom. The number of likely N-dealkylation sites (N-methyl/N-ethyl adjacent to an activating group) is 1. The zero-order valence-electron chi connectivity index (χ0n) is 21.7. The molecule has 3 aromatic rings. The first-order valence-corrected chi connectivity index (χ1v) is 13.0. The molecule has 7 heteroatoms. The van der Waals surface area contributed by atoms with E-state index < -0.39 is 24.1 Å². The van der Waals surface area contributed by atoms with Crippen molar-refractivity contribution in [2.45, 2.75) is 50.4 Å². The number of esters is 1. The normalized spacial score (nSPS) is 16.5. The molecule has 1 aliphatic heterocycles. The summed E-state index contributed by atoms with van der Waals surface area (Å²) in [6.07, 6.45) is 1.92. The molecule has 0 aliphatic carbocycles. The molecule has 2 amide bonds. The van der Waals surface area contributed by atoms with Gasteiger partial charge in [-0.25, -0.2) is 4.79 Å². The number of carbonyl (C=O) groups is 3. The molecule has 38 heavy (non-hydrogen) atoms.